The maximum Gasteiger partial charge on any atom is 0.214 e. The van der Waals surface area contributed by atoms with Crippen LogP contribution in [0.5, 0.6) is 5.75 Å². The summed E-state index contributed by atoms with van der Waals surface area (Å²) in [6.45, 7) is 1.96. The highest BCUT2D eigenvalue weighted by atomic mass is 127. The standard InChI is InChI=1S/C15H22N4O3S.HI/c16-15(17-7-9-19-8-3-11-23(19,20)21)18-13-6-10-22-14-5-2-1-4-12(13)14;/h1-2,4-5,13H,3,6-11H2,(H3,16,17,18);1H. The molecule has 2 aliphatic heterocycles. The highest BCUT2D eigenvalue weighted by Crippen LogP contribution is 2.31. The third-order valence-corrected chi connectivity index (χ3v) is 6.07. The van der Waals surface area contributed by atoms with Gasteiger partial charge in [-0.2, -0.15) is 0 Å². The van der Waals surface area contributed by atoms with Crippen LogP contribution in [-0.2, 0) is 10.0 Å². The number of guanidine groups is 1. The van der Waals surface area contributed by atoms with Crippen LogP contribution in [-0.4, -0.2) is 50.7 Å². The molecular weight excluding hydrogens is 443 g/mol. The molecular formula is C15H23IN4O3S. The van der Waals surface area contributed by atoms with Gasteiger partial charge in [-0.05, 0) is 12.5 Å². The van der Waals surface area contributed by atoms with Crippen LogP contribution in [0.2, 0.25) is 0 Å². The number of nitrogens with one attached hydrogen (secondary N) is 1. The summed E-state index contributed by atoms with van der Waals surface area (Å²) >= 11 is 0. The molecule has 1 saturated heterocycles. The van der Waals surface area contributed by atoms with Crippen LogP contribution < -0.4 is 15.8 Å². The minimum Gasteiger partial charge on any atom is -0.493 e. The number of rotatable bonds is 4. The van der Waals surface area contributed by atoms with Crippen LogP contribution in [0.1, 0.15) is 24.4 Å². The molecule has 1 fully saturated rings. The lowest BCUT2D eigenvalue weighted by atomic mass is 10.0. The van der Waals surface area contributed by atoms with Crippen LogP contribution in [0.25, 0.3) is 0 Å². The lowest BCUT2D eigenvalue weighted by Crippen LogP contribution is -2.38. The van der Waals surface area contributed by atoms with E-state index in [1.807, 2.05) is 24.3 Å². The van der Waals surface area contributed by atoms with Crippen molar-refractivity contribution in [3.63, 3.8) is 0 Å². The van der Waals surface area contributed by atoms with Crippen molar-refractivity contribution in [2.24, 2.45) is 10.7 Å². The van der Waals surface area contributed by atoms with E-state index < -0.39 is 10.0 Å². The van der Waals surface area contributed by atoms with Gasteiger partial charge in [-0.25, -0.2) is 12.7 Å². The van der Waals surface area contributed by atoms with Crippen LogP contribution in [0.3, 0.4) is 0 Å². The van der Waals surface area contributed by atoms with E-state index >= 15 is 0 Å². The van der Waals surface area contributed by atoms with Gasteiger partial charge in [0, 0.05) is 25.1 Å². The zero-order chi connectivity index (χ0) is 16.3. The third-order valence-electron chi connectivity index (χ3n) is 4.12. The summed E-state index contributed by atoms with van der Waals surface area (Å²) in [5.74, 6) is 1.44. The fourth-order valence-electron chi connectivity index (χ4n) is 2.94. The molecule has 7 nitrogen and oxygen atoms in total. The number of benzene rings is 1. The van der Waals surface area contributed by atoms with Gasteiger partial charge in [0.25, 0.3) is 0 Å². The van der Waals surface area contributed by atoms with E-state index in [1.165, 1.54) is 4.31 Å². The van der Waals surface area contributed by atoms with Gasteiger partial charge in [0.15, 0.2) is 5.96 Å². The van der Waals surface area contributed by atoms with Gasteiger partial charge in [0.05, 0.1) is 24.9 Å². The van der Waals surface area contributed by atoms with E-state index in [4.69, 9.17) is 10.5 Å². The lowest BCUT2D eigenvalue weighted by Gasteiger charge is -2.27. The van der Waals surface area contributed by atoms with E-state index in [9.17, 15) is 8.42 Å². The highest BCUT2D eigenvalue weighted by molar-refractivity contribution is 14.0. The van der Waals surface area contributed by atoms with Crippen LogP contribution in [0.4, 0.5) is 0 Å². The molecule has 2 heterocycles. The topological polar surface area (TPSA) is 97.0 Å². The quantitative estimate of drug-likeness (QED) is 0.393. The molecule has 0 saturated carbocycles. The number of hydrogen-bond acceptors (Lipinski definition) is 4. The first-order valence-corrected chi connectivity index (χ1v) is 9.43. The van der Waals surface area contributed by atoms with Gasteiger partial charge in [-0.1, -0.05) is 18.2 Å². The molecule has 9 heteroatoms. The average molecular weight is 466 g/mol. The number of hydrogen-bond donors (Lipinski definition) is 2. The number of ether oxygens (including phenoxy) is 1. The molecule has 0 bridgehead atoms. The van der Waals surface area contributed by atoms with Crippen molar-refractivity contribution in [1.82, 2.24) is 9.62 Å². The highest BCUT2D eigenvalue weighted by Gasteiger charge is 2.27. The predicted molar refractivity (Wildman–Crippen MR) is 104 cm³/mol. The number of sulfonamides is 1. The Morgan fingerprint density at radius 3 is 2.96 bits per heavy atom. The van der Waals surface area contributed by atoms with Gasteiger partial charge in [-0.3, -0.25) is 4.99 Å². The van der Waals surface area contributed by atoms with Gasteiger partial charge in [0.2, 0.25) is 10.0 Å². The largest absolute Gasteiger partial charge is 0.493 e. The summed E-state index contributed by atoms with van der Waals surface area (Å²) in [6, 6.07) is 7.92. The minimum atomic E-state index is -3.07. The van der Waals surface area contributed by atoms with E-state index in [0.29, 0.717) is 38.6 Å². The first-order valence-electron chi connectivity index (χ1n) is 7.82. The summed E-state index contributed by atoms with van der Waals surface area (Å²) < 4.78 is 30.5. The van der Waals surface area contributed by atoms with E-state index in [0.717, 1.165) is 17.7 Å². The normalized spacial score (nSPS) is 23.0. The summed E-state index contributed by atoms with van der Waals surface area (Å²) in [5.41, 5.74) is 7.01. The molecule has 1 atom stereocenters. The van der Waals surface area contributed by atoms with Crippen molar-refractivity contribution in [2.75, 3.05) is 32.0 Å². The zero-order valence-corrected chi connectivity index (χ0v) is 16.5. The van der Waals surface area contributed by atoms with E-state index in [2.05, 4.69) is 10.3 Å². The second kappa shape index (κ2) is 8.34. The Hall–Kier alpha value is -1.07. The fraction of sp³-hybridized carbons (Fsp3) is 0.533. The molecule has 0 amide bonds. The summed E-state index contributed by atoms with van der Waals surface area (Å²) in [6.07, 6.45) is 1.51. The first kappa shape index (κ1) is 19.3. The Kier molecular flexibility index (Phi) is 6.70. The number of nitrogens with zero attached hydrogens (tertiary/aromatic N) is 2. The number of fused-ring (bicyclic) bond motifs is 1. The molecule has 0 aliphatic carbocycles. The first-order chi connectivity index (χ1) is 11.1. The summed E-state index contributed by atoms with van der Waals surface area (Å²) in [5, 5.41) is 3.20. The number of halogens is 1. The fourth-order valence-corrected chi connectivity index (χ4v) is 4.46. The molecule has 3 N–H and O–H groups in total. The minimum absolute atomic E-state index is 0. The van der Waals surface area contributed by atoms with Crippen molar-refractivity contribution in [2.45, 2.75) is 18.9 Å². The number of para-hydroxylation sites is 1. The smallest absolute Gasteiger partial charge is 0.214 e. The molecule has 0 spiro atoms. The van der Waals surface area contributed by atoms with Crippen molar-refractivity contribution in [3.05, 3.63) is 29.8 Å². The van der Waals surface area contributed by atoms with Gasteiger partial charge in [0.1, 0.15) is 5.75 Å². The maximum atomic E-state index is 11.7. The SMILES string of the molecule is I.NC(=NCCN1CCCS1(=O)=O)NC1CCOc2ccccc21. The molecule has 134 valence electrons. The molecule has 1 unspecified atom stereocenters. The second-order valence-corrected chi connectivity index (χ2v) is 7.80. The molecule has 24 heavy (non-hydrogen) atoms. The van der Waals surface area contributed by atoms with Gasteiger partial charge < -0.3 is 15.8 Å². The molecule has 0 aromatic heterocycles. The monoisotopic (exact) mass is 466 g/mol. The number of aliphatic imine (C=N–C) groups is 1. The Bertz CT molecular complexity index is 696. The zero-order valence-electron chi connectivity index (χ0n) is 13.3. The molecule has 1 aromatic rings. The van der Waals surface area contributed by atoms with Crippen LogP contribution in [0.15, 0.2) is 29.3 Å². The number of nitrogens with two attached hydrogens (primary N) is 1. The molecule has 3 rings (SSSR count). The Balaban J connectivity index is 0.00000208. The maximum absolute atomic E-state index is 11.7. The van der Waals surface area contributed by atoms with Crippen molar-refractivity contribution < 1.29 is 13.2 Å². The van der Waals surface area contributed by atoms with Crippen molar-refractivity contribution in [3.8, 4) is 5.75 Å². The van der Waals surface area contributed by atoms with E-state index in [1.54, 1.807) is 0 Å². The molecule has 0 radical (unpaired) electrons. The van der Waals surface area contributed by atoms with Gasteiger partial charge in [-0.15, -0.1) is 24.0 Å². The second-order valence-electron chi connectivity index (χ2n) is 5.71. The Labute approximate surface area is 159 Å². The Morgan fingerprint density at radius 1 is 1.42 bits per heavy atom. The molecule has 1 aromatic carbocycles. The molecule has 2 aliphatic rings. The van der Waals surface area contributed by atoms with Crippen LogP contribution in [0, 0.1) is 0 Å². The van der Waals surface area contributed by atoms with Crippen LogP contribution >= 0.6 is 24.0 Å². The van der Waals surface area contributed by atoms with Crippen molar-refractivity contribution >= 4 is 40.0 Å². The van der Waals surface area contributed by atoms with Crippen molar-refractivity contribution in [1.29, 1.82) is 0 Å². The third kappa shape index (κ3) is 4.51. The lowest BCUT2D eigenvalue weighted by molar-refractivity contribution is 0.262. The predicted octanol–water partition coefficient (Wildman–Crippen LogP) is 1.07. The summed E-state index contributed by atoms with van der Waals surface area (Å²) in [7, 11) is -3.07. The van der Waals surface area contributed by atoms with E-state index in [-0.39, 0.29) is 35.8 Å². The Morgan fingerprint density at radius 2 is 2.21 bits per heavy atom. The average Bonchev–Trinajstić information content (AvgIpc) is 2.86. The summed E-state index contributed by atoms with van der Waals surface area (Å²) in [4.78, 5) is 4.26. The van der Waals surface area contributed by atoms with Gasteiger partial charge >= 0.3 is 0 Å².